The van der Waals surface area contributed by atoms with E-state index in [9.17, 15) is 8.42 Å². The molecule has 0 unspecified atom stereocenters. The monoisotopic (exact) mass is 464 g/mol. The summed E-state index contributed by atoms with van der Waals surface area (Å²) in [6.07, 6.45) is 1.82. The highest BCUT2D eigenvalue weighted by atomic mass is 32.2. The third-order valence-corrected chi connectivity index (χ3v) is 6.52. The summed E-state index contributed by atoms with van der Waals surface area (Å²) in [5.41, 5.74) is 3.59. The molecule has 4 rings (SSSR count). The fraction of sp³-hybridized carbons (Fsp3) is 0.174. The van der Waals surface area contributed by atoms with Gasteiger partial charge in [0.2, 0.25) is 0 Å². The lowest BCUT2D eigenvalue weighted by Crippen LogP contribution is -2.14. The van der Waals surface area contributed by atoms with Gasteiger partial charge in [0, 0.05) is 23.6 Å². The minimum absolute atomic E-state index is 0.176. The number of aromatic nitrogens is 4. The molecule has 0 saturated carbocycles. The minimum atomic E-state index is -3.78. The first-order valence-electron chi connectivity index (χ1n) is 10.2. The summed E-state index contributed by atoms with van der Waals surface area (Å²) in [5, 5.41) is 15.8. The molecule has 0 amide bonds. The topological polar surface area (TPSA) is 111 Å². The van der Waals surface area contributed by atoms with Crippen LogP contribution in [0.25, 0.3) is 5.82 Å². The van der Waals surface area contributed by atoms with Gasteiger partial charge in [0.15, 0.2) is 11.6 Å². The summed E-state index contributed by atoms with van der Waals surface area (Å²) in [6.45, 7) is 5.54. The van der Waals surface area contributed by atoms with Gasteiger partial charge >= 0.3 is 0 Å². The summed E-state index contributed by atoms with van der Waals surface area (Å²) in [6, 6.07) is 15.7. The molecule has 10 heteroatoms. The zero-order valence-corrected chi connectivity index (χ0v) is 19.5. The Hall–Kier alpha value is -3.92. The Labute approximate surface area is 192 Å². The first-order chi connectivity index (χ1) is 15.7. The van der Waals surface area contributed by atoms with Crippen LogP contribution in [-0.4, -0.2) is 35.5 Å². The van der Waals surface area contributed by atoms with E-state index < -0.39 is 10.0 Å². The van der Waals surface area contributed by atoms with Crippen molar-refractivity contribution in [1.29, 1.82) is 0 Å². The van der Waals surface area contributed by atoms with E-state index in [1.165, 1.54) is 13.2 Å². The lowest BCUT2D eigenvalue weighted by Gasteiger charge is -2.14. The Kier molecular flexibility index (Phi) is 6.01. The van der Waals surface area contributed by atoms with E-state index >= 15 is 0 Å². The number of rotatable bonds is 7. The maximum absolute atomic E-state index is 12.9. The van der Waals surface area contributed by atoms with Crippen LogP contribution in [0.4, 0.5) is 17.2 Å². The smallest absolute Gasteiger partial charge is 0.262 e. The van der Waals surface area contributed by atoms with Crippen molar-refractivity contribution >= 4 is 27.2 Å². The van der Waals surface area contributed by atoms with Gasteiger partial charge in [-0.1, -0.05) is 6.07 Å². The van der Waals surface area contributed by atoms with Gasteiger partial charge in [-0.25, -0.2) is 13.1 Å². The first kappa shape index (κ1) is 22.3. The molecule has 9 nitrogen and oxygen atoms in total. The van der Waals surface area contributed by atoms with Crippen molar-refractivity contribution in [1.82, 2.24) is 20.0 Å². The highest BCUT2D eigenvalue weighted by Gasteiger charge is 2.19. The predicted molar refractivity (Wildman–Crippen MR) is 127 cm³/mol. The zero-order chi connectivity index (χ0) is 23.6. The van der Waals surface area contributed by atoms with E-state index in [1.807, 2.05) is 32.2 Å². The Bertz CT molecular complexity index is 1380. The maximum Gasteiger partial charge on any atom is 0.262 e. The van der Waals surface area contributed by atoms with Crippen LogP contribution in [0, 0.1) is 20.8 Å². The standard InChI is InChI=1S/C23H24N6O3S/c1-15-13-16(2)21(14-20(15)32-4)33(30,31)28-19-7-5-18(6-8-19)24-22-9-10-23(26-25-22)29-12-11-17(3)27-29/h5-14,28H,1-4H3,(H,24,25). The van der Waals surface area contributed by atoms with Crippen LogP contribution in [0.5, 0.6) is 5.75 Å². The second kappa shape index (κ2) is 8.91. The van der Waals surface area contributed by atoms with Gasteiger partial charge in [0.05, 0.1) is 17.7 Å². The van der Waals surface area contributed by atoms with E-state index in [0.717, 1.165) is 16.9 Å². The molecule has 0 aliphatic heterocycles. The molecule has 0 atom stereocenters. The number of aryl methyl sites for hydroxylation is 3. The molecular weight excluding hydrogens is 440 g/mol. The minimum Gasteiger partial charge on any atom is -0.496 e. The lowest BCUT2D eigenvalue weighted by molar-refractivity contribution is 0.410. The van der Waals surface area contributed by atoms with Crippen LogP contribution >= 0.6 is 0 Å². The molecule has 170 valence electrons. The van der Waals surface area contributed by atoms with Crippen LogP contribution < -0.4 is 14.8 Å². The summed E-state index contributed by atoms with van der Waals surface area (Å²) < 4.78 is 35.4. The molecule has 2 N–H and O–H groups in total. The number of ether oxygens (including phenoxy) is 1. The van der Waals surface area contributed by atoms with Crippen molar-refractivity contribution in [3.05, 3.63) is 77.6 Å². The molecule has 0 aliphatic rings. The third kappa shape index (κ3) is 4.96. The maximum atomic E-state index is 12.9. The molecular formula is C23H24N6O3S. The number of hydrogen-bond acceptors (Lipinski definition) is 7. The highest BCUT2D eigenvalue weighted by molar-refractivity contribution is 7.92. The van der Waals surface area contributed by atoms with E-state index in [1.54, 1.807) is 48.0 Å². The van der Waals surface area contributed by atoms with Crippen molar-refractivity contribution < 1.29 is 13.2 Å². The van der Waals surface area contributed by atoms with Crippen molar-refractivity contribution in [2.75, 3.05) is 17.1 Å². The number of nitrogens with one attached hydrogen (secondary N) is 2. The number of benzene rings is 2. The summed E-state index contributed by atoms with van der Waals surface area (Å²) >= 11 is 0. The van der Waals surface area contributed by atoms with Crippen LogP contribution in [0.2, 0.25) is 0 Å². The second-order valence-electron chi connectivity index (χ2n) is 7.57. The van der Waals surface area contributed by atoms with Gasteiger partial charge in [0.1, 0.15) is 5.75 Å². The Morgan fingerprint density at radius 3 is 2.21 bits per heavy atom. The first-order valence-corrected chi connectivity index (χ1v) is 11.6. The molecule has 2 heterocycles. The fourth-order valence-electron chi connectivity index (χ4n) is 3.36. The lowest BCUT2D eigenvalue weighted by atomic mass is 10.1. The second-order valence-corrected chi connectivity index (χ2v) is 9.22. The molecule has 0 aliphatic carbocycles. The van der Waals surface area contributed by atoms with Crippen LogP contribution in [-0.2, 0) is 10.0 Å². The molecule has 0 fully saturated rings. The predicted octanol–water partition coefficient (Wildman–Crippen LogP) is 4.14. The van der Waals surface area contributed by atoms with Gasteiger partial charge in [-0.3, -0.25) is 4.72 Å². The highest BCUT2D eigenvalue weighted by Crippen LogP contribution is 2.28. The molecule has 4 aromatic rings. The summed E-state index contributed by atoms with van der Waals surface area (Å²) in [4.78, 5) is 0.176. The van der Waals surface area contributed by atoms with E-state index in [-0.39, 0.29) is 4.90 Å². The van der Waals surface area contributed by atoms with Crippen molar-refractivity contribution in [2.24, 2.45) is 0 Å². The number of methoxy groups -OCH3 is 1. The van der Waals surface area contributed by atoms with Crippen LogP contribution in [0.1, 0.15) is 16.8 Å². The Morgan fingerprint density at radius 2 is 1.61 bits per heavy atom. The normalized spacial score (nSPS) is 11.3. The number of sulfonamides is 1. The van der Waals surface area contributed by atoms with Gasteiger partial charge in [-0.15, -0.1) is 10.2 Å². The van der Waals surface area contributed by atoms with Crippen molar-refractivity contribution in [3.8, 4) is 11.6 Å². The third-order valence-electron chi connectivity index (χ3n) is 5.00. The SMILES string of the molecule is COc1cc(S(=O)(=O)Nc2ccc(Nc3ccc(-n4ccc(C)n4)nn3)cc2)c(C)cc1C. The van der Waals surface area contributed by atoms with Crippen molar-refractivity contribution in [2.45, 2.75) is 25.7 Å². The summed E-state index contributed by atoms with van der Waals surface area (Å²) in [5.74, 6) is 1.69. The molecule has 0 bridgehead atoms. The molecule has 0 radical (unpaired) electrons. The van der Waals surface area contributed by atoms with Crippen molar-refractivity contribution in [3.63, 3.8) is 0 Å². The average Bonchev–Trinajstić information content (AvgIpc) is 3.21. The zero-order valence-electron chi connectivity index (χ0n) is 18.7. The van der Waals surface area contributed by atoms with E-state index in [0.29, 0.717) is 28.6 Å². The van der Waals surface area contributed by atoms with Gasteiger partial charge in [-0.05, 0) is 74.4 Å². The van der Waals surface area contributed by atoms with Gasteiger partial charge < -0.3 is 10.1 Å². The Morgan fingerprint density at radius 1 is 0.879 bits per heavy atom. The quantitative estimate of drug-likeness (QED) is 0.423. The van der Waals surface area contributed by atoms with Crippen LogP contribution in [0.3, 0.4) is 0 Å². The number of anilines is 3. The molecule has 33 heavy (non-hydrogen) atoms. The van der Waals surface area contributed by atoms with E-state index in [4.69, 9.17) is 4.74 Å². The van der Waals surface area contributed by atoms with E-state index in [2.05, 4.69) is 25.3 Å². The molecule has 2 aromatic carbocycles. The fourth-order valence-corrected chi connectivity index (χ4v) is 4.66. The number of nitrogens with zero attached hydrogens (tertiary/aromatic N) is 4. The number of hydrogen-bond donors (Lipinski definition) is 2. The van der Waals surface area contributed by atoms with Crippen LogP contribution in [0.15, 0.2) is 65.7 Å². The van der Waals surface area contributed by atoms with Gasteiger partial charge in [-0.2, -0.15) is 5.10 Å². The Balaban J connectivity index is 1.46. The molecule has 0 spiro atoms. The van der Waals surface area contributed by atoms with Gasteiger partial charge in [0.25, 0.3) is 10.0 Å². The summed E-state index contributed by atoms with van der Waals surface area (Å²) in [7, 11) is -2.26. The largest absolute Gasteiger partial charge is 0.496 e. The average molecular weight is 465 g/mol. The molecule has 2 aromatic heterocycles. The molecule has 0 saturated heterocycles.